The predicted molar refractivity (Wildman–Crippen MR) is 123 cm³/mol. The number of fused-ring (bicyclic) bond motifs is 1. The summed E-state index contributed by atoms with van der Waals surface area (Å²) in [6.07, 6.45) is 1.93. The Balaban J connectivity index is 1.75. The van der Waals surface area contributed by atoms with Crippen LogP contribution in [0.3, 0.4) is 0 Å². The predicted octanol–water partition coefficient (Wildman–Crippen LogP) is 4.95. The van der Waals surface area contributed by atoms with Crippen molar-refractivity contribution in [2.45, 2.75) is 39.7 Å². The largest absolute Gasteiger partial charge is 0.481 e. The van der Waals surface area contributed by atoms with E-state index in [1.807, 2.05) is 30.3 Å². The minimum atomic E-state index is -0.929. The lowest BCUT2D eigenvalue weighted by atomic mass is 10.00. The van der Waals surface area contributed by atoms with Gasteiger partial charge in [0, 0.05) is 17.5 Å². The van der Waals surface area contributed by atoms with Crippen LogP contribution in [0, 0.1) is 12.8 Å². The van der Waals surface area contributed by atoms with E-state index in [2.05, 4.69) is 36.6 Å². The summed E-state index contributed by atoms with van der Waals surface area (Å²) in [6, 6.07) is 17.7. The molecule has 3 aromatic rings. The molecule has 162 valence electrons. The molecule has 0 aliphatic carbocycles. The standard InChI is InChI=1S/C25H29N3O3/c1-4-7-21(27-23-16(2)14-20-8-5-6-9-22(20)28-23)18-10-12-19(13-11-18)24(29)26-15-17(3)25(30)31/h5-6,8-14,17,21H,4,7,15H2,1-3H3,(H,26,29)(H,27,28)(H,30,31). The summed E-state index contributed by atoms with van der Waals surface area (Å²) >= 11 is 0. The topological polar surface area (TPSA) is 91.3 Å². The molecule has 0 saturated heterocycles. The molecule has 0 fully saturated rings. The van der Waals surface area contributed by atoms with E-state index in [0.717, 1.165) is 40.7 Å². The van der Waals surface area contributed by atoms with Crippen molar-refractivity contribution in [1.82, 2.24) is 10.3 Å². The van der Waals surface area contributed by atoms with Crippen molar-refractivity contribution < 1.29 is 14.7 Å². The Labute approximate surface area is 182 Å². The van der Waals surface area contributed by atoms with E-state index in [4.69, 9.17) is 10.1 Å². The van der Waals surface area contributed by atoms with Crippen LogP contribution in [0.5, 0.6) is 0 Å². The molecule has 0 radical (unpaired) electrons. The van der Waals surface area contributed by atoms with Crippen LogP contribution in [0.25, 0.3) is 10.9 Å². The zero-order valence-corrected chi connectivity index (χ0v) is 18.2. The molecule has 3 N–H and O–H groups in total. The lowest BCUT2D eigenvalue weighted by molar-refractivity contribution is -0.140. The van der Waals surface area contributed by atoms with Gasteiger partial charge in [-0.05, 0) is 48.7 Å². The second-order valence-corrected chi connectivity index (χ2v) is 7.90. The van der Waals surface area contributed by atoms with Gasteiger partial charge in [-0.1, -0.05) is 50.6 Å². The fourth-order valence-corrected chi connectivity index (χ4v) is 3.45. The number of pyridine rings is 1. The minimum absolute atomic E-state index is 0.0708. The molecule has 1 aromatic heterocycles. The number of para-hydroxylation sites is 1. The van der Waals surface area contributed by atoms with Gasteiger partial charge in [0.25, 0.3) is 5.91 Å². The minimum Gasteiger partial charge on any atom is -0.481 e. The van der Waals surface area contributed by atoms with Crippen molar-refractivity contribution in [1.29, 1.82) is 0 Å². The molecule has 6 nitrogen and oxygen atoms in total. The number of carboxylic acid groups (broad SMARTS) is 1. The summed E-state index contributed by atoms with van der Waals surface area (Å²) in [5.41, 5.74) is 3.63. The van der Waals surface area contributed by atoms with Crippen LogP contribution < -0.4 is 10.6 Å². The molecule has 0 aliphatic heterocycles. The van der Waals surface area contributed by atoms with Crippen LogP contribution in [0.2, 0.25) is 0 Å². The number of amides is 1. The highest BCUT2D eigenvalue weighted by Gasteiger charge is 2.16. The van der Waals surface area contributed by atoms with Crippen LogP contribution >= 0.6 is 0 Å². The molecule has 3 rings (SSSR count). The van der Waals surface area contributed by atoms with E-state index in [1.54, 1.807) is 19.1 Å². The van der Waals surface area contributed by atoms with Crippen molar-refractivity contribution in [3.05, 3.63) is 71.3 Å². The van der Waals surface area contributed by atoms with Gasteiger partial charge in [0.05, 0.1) is 17.5 Å². The highest BCUT2D eigenvalue weighted by molar-refractivity contribution is 5.94. The van der Waals surface area contributed by atoms with E-state index in [9.17, 15) is 9.59 Å². The van der Waals surface area contributed by atoms with E-state index in [1.165, 1.54) is 0 Å². The summed E-state index contributed by atoms with van der Waals surface area (Å²) in [7, 11) is 0. The van der Waals surface area contributed by atoms with Crippen LogP contribution in [0.15, 0.2) is 54.6 Å². The molecule has 2 unspecified atom stereocenters. The van der Waals surface area contributed by atoms with Gasteiger partial charge in [0.1, 0.15) is 5.82 Å². The number of carbonyl (C=O) groups excluding carboxylic acids is 1. The number of hydrogen-bond acceptors (Lipinski definition) is 4. The highest BCUT2D eigenvalue weighted by atomic mass is 16.4. The number of benzene rings is 2. The number of nitrogens with one attached hydrogen (secondary N) is 2. The number of carboxylic acids is 1. The molecule has 6 heteroatoms. The molecule has 1 heterocycles. The van der Waals surface area contributed by atoms with Gasteiger partial charge in [-0.25, -0.2) is 4.98 Å². The number of carbonyl (C=O) groups is 2. The van der Waals surface area contributed by atoms with E-state index < -0.39 is 11.9 Å². The summed E-state index contributed by atoms with van der Waals surface area (Å²) in [6.45, 7) is 5.86. The second-order valence-electron chi connectivity index (χ2n) is 7.90. The van der Waals surface area contributed by atoms with Gasteiger partial charge in [-0.2, -0.15) is 0 Å². The Bertz CT molecular complexity index is 1060. The van der Waals surface area contributed by atoms with Crippen LogP contribution in [-0.4, -0.2) is 28.5 Å². The van der Waals surface area contributed by atoms with Gasteiger partial charge in [-0.15, -0.1) is 0 Å². The molecule has 31 heavy (non-hydrogen) atoms. The molecule has 2 aromatic carbocycles. The lowest BCUT2D eigenvalue weighted by Crippen LogP contribution is -2.31. The zero-order chi connectivity index (χ0) is 22.4. The van der Waals surface area contributed by atoms with Crippen molar-refractivity contribution in [2.75, 3.05) is 11.9 Å². The third kappa shape index (κ3) is 5.60. The first-order valence-corrected chi connectivity index (χ1v) is 10.6. The van der Waals surface area contributed by atoms with Crippen molar-refractivity contribution >= 4 is 28.6 Å². The number of anilines is 1. The number of aromatic nitrogens is 1. The lowest BCUT2D eigenvalue weighted by Gasteiger charge is -2.21. The summed E-state index contributed by atoms with van der Waals surface area (Å²) in [5, 5.41) is 16.3. The maximum absolute atomic E-state index is 12.3. The summed E-state index contributed by atoms with van der Waals surface area (Å²) < 4.78 is 0. The maximum Gasteiger partial charge on any atom is 0.308 e. The number of aliphatic carboxylic acids is 1. The molecule has 1 amide bonds. The molecular weight excluding hydrogens is 390 g/mol. The van der Waals surface area contributed by atoms with Crippen molar-refractivity contribution in [2.24, 2.45) is 5.92 Å². The smallest absolute Gasteiger partial charge is 0.308 e. The average molecular weight is 420 g/mol. The monoisotopic (exact) mass is 419 g/mol. The van der Waals surface area contributed by atoms with Crippen LogP contribution in [0.4, 0.5) is 5.82 Å². The van der Waals surface area contributed by atoms with E-state index in [0.29, 0.717) is 5.56 Å². The first-order chi connectivity index (χ1) is 14.9. The van der Waals surface area contributed by atoms with Crippen molar-refractivity contribution in [3.63, 3.8) is 0 Å². The Kier molecular flexibility index (Phi) is 7.23. The van der Waals surface area contributed by atoms with Crippen molar-refractivity contribution in [3.8, 4) is 0 Å². The van der Waals surface area contributed by atoms with Gasteiger partial charge in [0.15, 0.2) is 0 Å². The maximum atomic E-state index is 12.3. The summed E-state index contributed by atoms with van der Waals surface area (Å²) in [4.78, 5) is 28.0. The fraction of sp³-hybridized carbons (Fsp3) is 0.320. The number of hydrogen-bond donors (Lipinski definition) is 3. The Hall–Kier alpha value is -3.41. The average Bonchev–Trinajstić information content (AvgIpc) is 2.77. The Morgan fingerprint density at radius 2 is 1.81 bits per heavy atom. The van der Waals surface area contributed by atoms with E-state index >= 15 is 0 Å². The van der Waals surface area contributed by atoms with Crippen LogP contribution in [0.1, 0.15) is 54.2 Å². The van der Waals surface area contributed by atoms with Crippen LogP contribution in [-0.2, 0) is 4.79 Å². The summed E-state index contributed by atoms with van der Waals surface area (Å²) in [5.74, 6) is -0.964. The third-order valence-corrected chi connectivity index (χ3v) is 5.37. The van der Waals surface area contributed by atoms with E-state index in [-0.39, 0.29) is 18.5 Å². The van der Waals surface area contributed by atoms with Gasteiger partial charge in [0.2, 0.25) is 0 Å². The Morgan fingerprint density at radius 1 is 1.10 bits per heavy atom. The molecule has 0 aliphatic rings. The molecular formula is C25H29N3O3. The molecule has 0 spiro atoms. The number of rotatable bonds is 9. The number of aryl methyl sites for hydroxylation is 1. The third-order valence-electron chi connectivity index (χ3n) is 5.37. The normalized spacial score (nSPS) is 12.9. The highest BCUT2D eigenvalue weighted by Crippen LogP contribution is 2.27. The zero-order valence-electron chi connectivity index (χ0n) is 18.2. The molecule has 2 atom stereocenters. The molecule has 0 saturated carbocycles. The Morgan fingerprint density at radius 3 is 2.48 bits per heavy atom. The first-order valence-electron chi connectivity index (χ1n) is 10.6. The van der Waals surface area contributed by atoms with Gasteiger partial charge >= 0.3 is 5.97 Å². The first kappa shape index (κ1) is 22.3. The van der Waals surface area contributed by atoms with Gasteiger partial charge in [-0.3, -0.25) is 9.59 Å². The molecule has 0 bridgehead atoms. The van der Waals surface area contributed by atoms with Gasteiger partial charge < -0.3 is 15.7 Å². The SMILES string of the molecule is CCCC(Nc1nc2ccccc2cc1C)c1ccc(C(=O)NCC(C)C(=O)O)cc1. The quantitative estimate of drug-likeness (QED) is 0.457. The fourth-order valence-electron chi connectivity index (χ4n) is 3.45. The number of nitrogens with zero attached hydrogens (tertiary/aromatic N) is 1. The second kappa shape index (κ2) is 10.1.